The van der Waals surface area contributed by atoms with Crippen molar-refractivity contribution in [2.24, 2.45) is 13.0 Å². The number of nitrogens with zero attached hydrogens (tertiary/aromatic N) is 2. The minimum Gasteiger partial charge on any atom is -0.339 e. The van der Waals surface area contributed by atoms with Gasteiger partial charge in [-0.3, -0.25) is 0 Å². The first-order valence-corrected chi connectivity index (χ1v) is 12.2. The fraction of sp³-hybridized carbons (Fsp3) is 0.375. The van der Waals surface area contributed by atoms with E-state index in [1.807, 2.05) is 24.3 Å². The molecule has 0 bridgehead atoms. The van der Waals surface area contributed by atoms with Crippen LogP contribution in [0, 0.1) is 11.7 Å². The lowest BCUT2D eigenvalue weighted by Crippen LogP contribution is -2.24. The quantitative estimate of drug-likeness (QED) is 0.566. The summed E-state index contributed by atoms with van der Waals surface area (Å²) in [5.41, 5.74) is 3.83. The first-order valence-electron chi connectivity index (χ1n) is 10.7. The van der Waals surface area contributed by atoms with E-state index >= 15 is 0 Å². The molecule has 0 spiro atoms. The van der Waals surface area contributed by atoms with E-state index in [9.17, 15) is 12.8 Å². The maximum Gasteiger partial charge on any atom is 0.259 e. The van der Waals surface area contributed by atoms with Crippen molar-refractivity contribution in [2.75, 3.05) is 0 Å². The normalized spacial score (nSPS) is 18.3. The lowest BCUT2D eigenvalue weighted by Gasteiger charge is -2.21. The van der Waals surface area contributed by atoms with E-state index in [1.54, 1.807) is 17.7 Å². The van der Waals surface area contributed by atoms with Crippen molar-refractivity contribution in [1.29, 1.82) is 0 Å². The molecular weight excluding hydrogens is 413 g/mol. The third kappa shape index (κ3) is 4.72. The van der Waals surface area contributed by atoms with Gasteiger partial charge in [-0.05, 0) is 53.9 Å². The van der Waals surface area contributed by atoms with Crippen LogP contribution in [0.4, 0.5) is 4.39 Å². The summed E-state index contributed by atoms with van der Waals surface area (Å²) < 4.78 is 43.9. The predicted octanol–water partition coefficient (Wildman–Crippen LogP) is 4.34. The maximum atomic E-state index is 14.8. The second-order valence-corrected chi connectivity index (χ2v) is 10.1. The van der Waals surface area contributed by atoms with Gasteiger partial charge in [0.1, 0.15) is 5.82 Å². The minimum absolute atomic E-state index is 0.0680. The lowest BCUT2D eigenvalue weighted by atomic mass is 9.84. The highest BCUT2D eigenvalue weighted by molar-refractivity contribution is 7.89. The smallest absolute Gasteiger partial charge is 0.259 e. The number of benzene rings is 2. The van der Waals surface area contributed by atoms with E-state index in [0.29, 0.717) is 17.4 Å². The molecule has 1 aliphatic carbocycles. The summed E-state index contributed by atoms with van der Waals surface area (Å²) in [6.07, 6.45) is 6.80. The monoisotopic (exact) mass is 441 g/mol. The average molecular weight is 442 g/mol. The zero-order valence-corrected chi connectivity index (χ0v) is 18.7. The Hall–Kier alpha value is -2.51. The number of hydrogen-bond acceptors (Lipinski definition) is 3. The first-order chi connectivity index (χ1) is 14.9. The van der Waals surface area contributed by atoms with Crippen LogP contribution in [0.2, 0.25) is 0 Å². The number of rotatable bonds is 8. The Kier molecular flexibility index (Phi) is 6.25. The summed E-state index contributed by atoms with van der Waals surface area (Å²) in [6, 6.07) is 13.8. The van der Waals surface area contributed by atoms with Crippen LogP contribution in [-0.4, -0.2) is 18.0 Å². The molecule has 0 radical (unpaired) electrons. The highest BCUT2D eigenvalue weighted by Crippen LogP contribution is 2.43. The first kappa shape index (κ1) is 21.7. The van der Waals surface area contributed by atoms with Crippen molar-refractivity contribution < 1.29 is 12.8 Å². The van der Waals surface area contributed by atoms with Gasteiger partial charge in [0.25, 0.3) is 10.0 Å². The fourth-order valence-electron chi connectivity index (χ4n) is 4.61. The summed E-state index contributed by atoms with van der Waals surface area (Å²) in [5, 5.41) is -0.0680. The molecule has 1 heterocycles. The second-order valence-electron chi connectivity index (χ2n) is 8.39. The van der Waals surface area contributed by atoms with Gasteiger partial charge in [0.15, 0.2) is 5.03 Å². The molecule has 2 aromatic carbocycles. The Morgan fingerprint density at radius 2 is 2.00 bits per heavy atom. The van der Waals surface area contributed by atoms with Crippen LogP contribution in [0.15, 0.2) is 60.0 Å². The summed E-state index contributed by atoms with van der Waals surface area (Å²) >= 11 is 0. The third-order valence-electron chi connectivity index (χ3n) is 6.13. The lowest BCUT2D eigenvalue weighted by molar-refractivity contribution is 0.418. The summed E-state index contributed by atoms with van der Waals surface area (Å²) in [5.74, 6) is 0.419. The molecule has 2 atom stereocenters. The van der Waals surface area contributed by atoms with Gasteiger partial charge in [-0.2, -0.15) is 0 Å². The molecule has 1 N–H and O–H groups in total. The molecule has 164 valence electrons. The average Bonchev–Trinajstić information content (AvgIpc) is 3.32. The van der Waals surface area contributed by atoms with Crippen molar-refractivity contribution in [3.05, 3.63) is 83.1 Å². The van der Waals surface area contributed by atoms with E-state index in [2.05, 4.69) is 28.8 Å². The highest BCUT2D eigenvalue weighted by Gasteiger charge is 2.33. The molecule has 1 aromatic heterocycles. The predicted molar refractivity (Wildman–Crippen MR) is 119 cm³/mol. The molecule has 0 aliphatic heterocycles. The number of aryl methyl sites for hydroxylation is 1. The topological polar surface area (TPSA) is 64.0 Å². The SMILES string of the molecule is CCCC1Cc2cc(F)c(CNS(=O)(=O)c3cn(C)cn3)cc2C1Cc1ccccc1. The number of sulfonamides is 1. The van der Waals surface area contributed by atoms with Crippen LogP contribution < -0.4 is 4.72 Å². The van der Waals surface area contributed by atoms with Gasteiger partial charge < -0.3 is 4.57 Å². The molecule has 1 aliphatic rings. The van der Waals surface area contributed by atoms with Gasteiger partial charge in [0.2, 0.25) is 0 Å². The van der Waals surface area contributed by atoms with Crippen molar-refractivity contribution in [3.63, 3.8) is 0 Å². The van der Waals surface area contributed by atoms with Crippen LogP contribution in [-0.2, 0) is 36.5 Å². The molecule has 0 fully saturated rings. The fourth-order valence-corrected chi connectivity index (χ4v) is 5.59. The van der Waals surface area contributed by atoms with E-state index in [1.165, 1.54) is 18.1 Å². The number of hydrogen-bond donors (Lipinski definition) is 1. The summed E-state index contributed by atoms with van der Waals surface area (Å²) in [6.45, 7) is 2.08. The molecule has 5 nitrogen and oxygen atoms in total. The Morgan fingerprint density at radius 1 is 1.23 bits per heavy atom. The number of halogens is 1. The Bertz CT molecular complexity index is 1160. The molecule has 0 saturated carbocycles. The number of nitrogens with one attached hydrogen (secondary N) is 1. The standard InChI is InChI=1S/C24H28FN3O2S/c1-3-7-18-11-19-13-23(25)20(14-27-31(29,30)24-15-28(2)16-26-24)12-22(19)21(18)10-17-8-5-4-6-9-17/h4-6,8-9,12-13,15-16,18,21,27H,3,7,10-11,14H2,1-2H3. The molecule has 3 aromatic rings. The van der Waals surface area contributed by atoms with E-state index in [0.717, 1.165) is 36.8 Å². The molecule has 0 saturated heterocycles. The van der Waals surface area contributed by atoms with Gasteiger partial charge in [0.05, 0.1) is 6.33 Å². The highest BCUT2D eigenvalue weighted by atomic mass is 32.2. The third-order valence-corrected chi connectivity index (χ3v) is 7.41. The number of aromatic nitrogens is 2. The zero-order valence-electron chi connectivity index (χ0n) is 17.9. The van der Waals surface area contributed by atoms with Crippen molar-refractivity contribution in [1.82, 2.24) is 14.3 Å². The molecule has 7 heteroatoms. The van der Waals surface area contributed by atoms with Crippen molar-refractivity contribution in [3.8, 4) is 0 Å². The van der Waals surface area contributed by atoms with Gasteiger partial charge >= 0.3 is 0 Å². The number of fused-ring (bicyclic) bond motifs is 1. The second kappa shape index (κ2) is 8.93. The van der Waals surface area contributed by atoms with Gasteiger partial charge in [-0.15, -0.1) is 0 Å². The largest absolute Gasteiger partial charge is 0.339 e. The van der Waals surface area contributed by atoms with E-state index in [-0.39, 0.29) is 17.4 Å². The van der Waals surface area contributed by atoms with E-state index in [4.69, 9.17) is 0 Å². The molecule has 0 amide bonds. The van der Waals surface area contributed by atoms with Crippen molar-refractivity contribution in [2.45, 2.75) is 50.1 Å². The van der Waals surface area contributed by atoms with Crippen LogP contribution >= 0.6 is 0 Å². The molecular formula is C24H28FN3O2S. The van der Waals surface area contributed by atoms with Crippen LogP contribution in [0.25, 0.3) is 0 Å². The van der Waals surface area contributed by atoms with Crippen molar-refractivity contribution >= 4 is 10.0 Å². The number of imidazole rings is 1. The molecule has 4 rings (SSSR count). The summed E-state index contributed by atoms with van der Waals surface area (Å²) in [7, 11) is -2.10. The Balaban J connectivity index is 1.59. The van der Waals surface area contributed by atoms with Crippen LogP contribution in [0.3, 0.4) is 0 Å². The van der Waals surface area contributed by atoms with Gasteiger partial charge in [0, 0.05) is 25.4 Å². The summed E-state index contributed by atoms with van der Waals surface area (Å²) in [4.78, 5) is 3.89. The maximum absolute atomic E-state index is 14.8. The Morgan fingerprint density at radius 3 is 2.68 bits per heavy atom. The van der Waals surface area contributed by atoms with Gasteiger partial charge in [-0.25, -0.2) is 22.5 Å². The van der Waals surface area contributed by atoms with Gasteiger partial charge in [-0.1, -0.05) is 49.7 Å². The Labute approximate surface area is 183 Å². The van der Waals surface area contributed by atoms with Crippen LogP contribution in [0.5, 0.6) is 0 Å². The zero-order chi connectivity index (χ0) is 22.0. The molecule has 31 heavy (non-hydrogen) atoms. The minimum atomic E-state index is -3.80. The van der Waals surface area contributed by atoms with Crippen LogP contribution in [0.1, 0.15) is 47.9 Å². The molecule has 2 unspecified atom stereocenters. The van der Waals surface area contributed by atoms with E-state index < -0.39 is 10.0 Å².